The molecule has 1 N–H and O–H groups in total. The van der Waals surface area contributed by atoms with Crippen LogP contribution in [-0.2, 0) is 26.2 Å². The normalized spacial score (nSPS) is 11.8. The Balaban J connectivity index is 2.04. The van der Waals surface area contributed by atoms with Gasteiger partial charge in [0.2, 0.25) is 10.1 Å². The first kappa shape index (κ1) is 13.8. The first-order valence-electron chi connectivity index (χ1n) is 5.56. The third-order valence-corrected chi connectivity index (χ3v) is 3.35. The molecule has 2 aromatic rings. The van der Waals surface area contributed by atoms with Gasteiger partial charge >= 0.3 is 6.18 Å². The Labute approximate surface area is 111 Å². The van der Waals surface area contributed by atoms with E-state index < -0.39 is 11.2 Å². The van der Waals surface area contributed by atoms with Crippen LogP contribution in [0.2, 0.25) is 0 Å². The molecule has 9 heteroatoms. The Morgan fingerprint density at radius 1 is 1.37 bits per heavy atom. The van der Waals surface area contributed by atoms with Gasteiger partial charge in [0.1, 0.15) is 0 Å². The van der Waals surface area contributed by atoms with E-state index >= 15 is 0 Å². The largest absolute Gasteiger partial charge is 0.445 e. The summed E-state index contributed by atoms with van der Waals surface area (Å²) in [4.78, 5) is 0. The Morgan fingerprint density at radius 3 is 2.68 bits per heavy atom. The number of aromatic nitrogens is 4. The molecule has 0 amide bonds. The molecule has 0 fully saturated rings. The molecular weight excluding hydrogens is 279 g/mol. The van der Waals surface area contributed by atoms with Crippen molar-refractivity contribution < 1.29 is 13.2 Å². The lowest BCUT2D eigenvalue weighted by Gasteiger charge is -2.01. The number of nitrogens with one attached hydrogen (secondary N) is 1. The van der Waals surface area contributed by atoms with Crippen molar-refractivity contribution in [1.29, 1.82) is 0 Å². The van der Waals surface area contributed by atoms with E-state index in [1.54, 1.807) is 11.7 Å². The highest BCUT2D eigenvalue weighted by Gasteiger charge is 2.35. The van der Waals surface area contributed by atoms with Gasteiger partial charge in [-0.05, 0) is 6.42 Å². The minimum absolute atomic E-state index is 0.151. The fraction of sp³-hybridized carbons (Fsp3) is 0.500. The van der Waals surface area contributed by atoms with Crippen LogP contribution in [0.1, 0.15) is 23.2 Å². The average Bonchev–Trinajstić information content (AvgIpc) is 2.91. The van der Waals surface area contributed by atoms with Gasteiger partial charge in [0.05, 0.1) is 5.69 Å². The third kappa shape index (κ3) is 3.22. The molecule has 0 saturated carbocycles. The van der Waals surface area contributed by atoms with Gasteiger partial charge < -0.3 is 5.32 Å². The summed E-state index contributed by atoms with van der Waals surface area (Å²) in [6.45, 7) is 2.35. The average molecular weight is 291 g/mol. The lowest BCUT2D eigenvalue weighted by atomic mass is 10.2. The molecule has 0 saturated heterocycles. The quantitative estimate of drug-likeness (QED) is 0.940. The third-order valence-electron chi connectivity index (χ3n) is 2.42. The summed E-state index contributed by atoms with van der Waals surface area (Å²) >= 11 is 0.494. The minimum atomic E-state index is -4.44. The second-order valence-corrected chi connectivity index (χ2v) is 4.87. The SMILES string of the molecule is CCc1nn(C)cc1CNc1nnc(C(F)(F)F)s1. The number of alkyl halides is 3. The number of hydrogen-bond donors (Lipinski definition) is 1. The Bertz CT molecular complexity index is 560. The first-order valence-corrected chi connectivity index (χ1v) is 6.37. The van der Waals surface area contributed by atoms with Crippen LogP contribution in [0.25, 0.3) is 0 Å². The van der Waals surface area contributed by atoms with Crippen molar-refractivity contribution in [2.45, 2.75) is 26.1 Å². The molecule has 0 bridgehead atoms. The van der Waals surface area contributed by atoms with Crippen LogP contribution in [0.4, 0.5) is 18.3 Å². The Kier molecular flexibility index (Phi) is 3.74. The van der Waals surface area contributed by atoms with Gasteiger partial charge in [-0.25, -0.2) is 0 Å². The summed E-state index contributed by atoms with van der Waals surface area (Å²) in [5, 5.41) is 12.9. The molecule has 0 atom stereocenters. The van der Waals surface area contributed by atoms with Gasteiger partial charge in [-0.2, -0.15) is 18.3 Å². The van der Waals surface area contributed by atoms with E-state index in [0.717, 1.165) is 17.7 Å². The van der Waals surface area contributed by atoms with Crippen LogP contribution in [0.5, 0.6) is 0 Å². The fourth-order valence-electron chi connectivity index (χ4n) is 1.61. The summed E-state index contributed by atoms with van der Waals surface area (Å²) in [6, 6.07) is 0. The fourth-order valence-corrected chi connectivity index (χ4v) is 2.22. The highest BCUT2D eigenvalue weighted by Crippen LogP contribution is 2.33. The molecule has 5 nitrogen and oxygen atoms in total. The maximum atomic E-state index is 12.4. The van der Waals surface area contributed by atoms with Crippen molar-refractivity contribution in [2.24, 2.45) is 7.05 Å². The van der Waals surface area contributed by atoms with Crippen LogP contribution in [0, 0.1) is 0 Å². The zero-order chi connectivity index (χ0) is 14.0. The van der Waals surface area contributed by atoms with E-state index in [0.29, 0.717) is 17.9 Å². The molecule has 0 aliphatic rings. The number of nitrogens with zero attached hydrogens (tertiary/aromatic N) is 4. The van der Waals surface area contributed by atoms with Crippen LogP contribution < -0.4 is 5.32 Å². The van der Waals surface area contributed by atoms with E-state index in [2.05, 4.69) is 20.6 Å². The van der Waals surface area contributed by atoms with E-state index in [9.17, 15) is 13.2 Å². The molecule has 0 aliphatic heterocycles. The monoisotopic (exact) mass is 291 g/mol. The Morgan fingerprint density at radius 2 is 2.11 bits per heavy atom. The van der Waals surface area contributed by atoms with Gasteiger partial charge in [0.15, 0.2) is 0 Å². The van der Waals surface area contributed by atoms with Gasteiger partial charge in [0, 0.05) is 25.4 Å². The molecule has 104 valence electrons. The van der Waals surface area contributed by atoms with Crippen molar-refractivity contribution in [3.63, 3.8) is 0 Å². The number of hydrogen-bond acceptors (Lipinski definition) is 5. The lowest BCUT2D eigenvalue weighted by Crippen LogP contribution is -2.03. The molecule has 0 aromatic carbocycles. The van der Waals surface area contributed by atoms with Gasteiger partial charge in [0.25, 0.3) is 0 Å². The zero-order valence-electron chi connectivity index (χ0n) is 10.3. The second-order valence-electron chi connectivity index (χ2n) is 3.89. The number of aryl methyl sites for hydroxylation is 2. The van der Waals surface area contributed by atoms with Crippen molar-refractivity contribution in [3.05, 3.63) is 22.5 Å². The van der Waals surface area contributed by atoms with E-state index in [1.165, 1.54) is 0 Å². The molecule has 2 rings (SSSR count). The molecular formula is C10H12F3N5S. The van der Waals surface area contributed by atoms with Gasteiger partial charge in [-0.1, -0.05) is 18.3 Å². The van der Waals surface area contributed by atoms with Crippen LogP contribution >= 0.6 is 11.3 Å². The van der Waals surface area contributed by atoms with Crippen LogP contribution in [-0.4, -0.2) is 20.0 Å². The topological polar surface area (TPSA) is 55.6 Å². The first-order chi connectivity index (χ1) is 8.90. The summed E-state index contributed by atoms with van der Waals surface area (Å²) in [6.07, 6.45) is -1.85. The number of halogens is 3. The minimum Gasteiger partial charge on any atom is -0.356 e. The zero-order valence-corrected chi connectivity index (χ0v) is 11.1. The van der Waals surface area contributed by atoms with Crippen molar-refractivity contribution in [2.75, 3.05) is 5.32 Å². The summed E-state index contributed by atoms with van der Waals surface area (Å²) < 4.78 is 38.7. The van der Waals surface area contributed by atoms with Crippen molar-refractivity contribution in [3.8, 4) is 0 Å². The molecule has 2 heterocycles. The highest BCUT2D eigenvalue weighted by molar-refractivity contribution is 7.15. The maximum absolute atomic E-state index is 12.4. The predicted octanol–water partition coefficient (Wildman–Crippen LogP) is 2.46. The standard InChI is InChI=1S/C10H12F3N5S/c1-3-7-6(5-18(2)17-7)4-14-9-16-15-8(19-9)10(11,12)13/h5H,3-4H2,1-2H3,(H,14,16). The molecule has 19 heavy (non-hydrogen) atoms. The molecule has 0 radical (unpaired) electrons. The predicted molar refractivity (Wildman–Crippen MR) is 64.8 cm³/mol. The van der Waals surface area contributed by atoms with Crippen LogP contribution in [0.3, 0.4) is 0 Å². The molecule has 0 spiro atoms. The lowest BCUT2D eigenvalue weighted by molar-refractivity contribution is -0.138. The Hall–Kier alpha value is -1.64. The van der Waals surface area contributed by atoms with E-state index in [-0.39, 0.29) is 5.13 Å². The smallest absolute Gasteiger partial charge is 0.356 e. The molecule has 0 aliphatic carbocycles. The molecule has 0 unspecified atom stereocenters. The van der Waals surface area contributed by atoms with Crippen molar-refractivity contribution in [1.82, 2.24) is 20.0 Å². The maximum Gasteiger partial charge on any atom is 0.445 e. The summed E-state index contributed by atoms with van der Waals surface area (Å²) in [7, 11) is 1.80. The van der Waals surface area contributed by atoms with E-state index in [4.69, 9.17) is 0 Å². The van der Waals surface area contributed by atoms with Crippen LogP contribution in [0.15, 0.2) is 6.20 Å². The number of anilines is 1. The van der Waals surface area contributed by atoms with Crippen molar-refractivity contribution >= 4 is 16.5 Å². The summed E-state index contributed by atoms with van der Waals surface area (Å²) in [5.74, 6) is 0. The van der Waals surface area contributed by atoms with E-state index in [1.807, 2.05) is 13.1 Å². The number of rotatable bonds is 4. The van der Waals surface area contributed by atoms with Gasteiger partial charge in [-0.15, -0.1) is 10.2 Å². The highest BCUT2D eigenvalue weighted by atomic mass is 32.1. The van der Waals surface area contributed by atoms with Gasteiger partial charge in [-0.3, -0.25) is 4.68 Å². The molecule has 2 aromatic heterocycles. The summed E-state index contributed by atoms with van der Waals surface area (Å²) in [5.41, 5.74) is 1.85. The second kappa shape index (κ2) is 5.16.